The van der Waals surface area contributed by atoms with Gasteiger partial charge in [0.05, 0.1) is 0 Å². The molecule has 0 saturated heterocycles. The van der Waals surface area contributed by atoms with E-state index in [0.717, 1.165) is 0 Å². The zero-order valence-corrected chi connectivity index (χ0v) is 12.4. The van der Waals surface area contributed by atoms with E-state index >= 15 is 0 Å². The molecular weight excluding hydrogens is 286 g/mol. The zero-order chi connectivity index (χ0) is 4.28. The van der Waals surface area contributed by atoms with Crippen LogP contribution in [0.2, 0.25) is 0 Å². The second kappa shape index (κ2) is 7.34. The molecule has 0 aliphatic rings. The van der Waals surface area contributed by atoms with Crippen molar-refractivity contribution in [3.05, 3.63) is 0 Å². The van der Waals surface area contributed by atoms with Gasteiger partial charge in [-0.25, -0.2) is 0 Å². The Kier molecular flexibility index (Phi) is 13.7. The van der Waals surface area contributed by atoms with Crippen molar-refractivity contribution in [2.45, 2.75) is 0 Å². The van der Waals surface area contributed by atoms with E-state index in [1.54, 1.807) is 0 Å². The molecule has 6 heavy (non-hydrogen) atoms. The summed E-state index contributed by atoms with van der Waals surface area (Å²) >= 11 is -0.528. The van der Waals surface area contributed by atoms with Crippen molar-refractivity contribution in [3.8, 4) is 0 Å². The Morgan fingerprint density at radius 1 is 1.83 bits per heavy atom. The van der Waals surface area contributed by atoms with Crippen LogP contribution in [0, 0.1) is 0 Å². The molecule has 3 nitrogen and oxygen atoms in total. The Balaban J connectivity index is 0. The van der Waals surface area contributed by atoms with Gasteiger partial charge in [-0.15, -0.1) is 0 Å². The van der Waals surface area contributed by atoms with Crippen molar-refractivity contribution in [3.63, 3.8) is 0 Å². The summed E-state index contributed by atoms with van der Waals surface area (Å²) in [5.41, 5.74) is 0. The molecule has 0 amide bonds. The maximum absolute atomic E-state index is 9.21. The number of hydrogen-bond donors (Lipinski definition) is 1. The summed E-state index contributed by atoms with van der Waals surface area (Å²) in [5.74, 6) is 0. The Labute approximate surface area is 105 Å². The van der Waals surface area contributed by atoms with E-state index in [2.05, 4.69) is 16.1 Å². The van der Waals surface area contributed by atoms with E-state index < -0.39 is 15.0 Å². The van der Waals surface area contributed by atoms with Crippen molar-refractivity contribution < 1.29 is 80.0 Å². The second-order valence-electron chi connectivity index (χ2n) is 0.341. The van der Waals surface area contributed by atoms with Gasteiger partial charge >= 0.3 is 108 Å². The molecule has 0 aliphatic carbocycles. The van der Waals surface area contributed by atoms with Crippen LogP contribution < -0.4 is 73.0 Å². The van der Waals surface area contributed by atoms with Crippen molar-refractivity contribution in [2.75, 3.05) is 0 Å². The zero-order valence-electron chi connectivity index (χ0n) is 3.17. The predicted octanol–water partition coefficient (Wildman–Crippen LogP) is -4.37. The van der Waals surface area contributed by atoms with Gasteiger partial charge in [-0.3, -0.25) is 0 Å². The molecule has 0 aliphatic heterocycles. The summed E-state index contributed by atoms with van der Waals surface area (Å²) in [6, 6.07) is 0. The fourth-order valence-electron chi connectivity index (χ4n) is 0. The molecule has 6 heteroatoms. The van der Waals surface area contributed by atoms with Gasteiger partial charge in [0.1, 0.15) is 0 Å². The van der Waals surface area contributed by atoms with Gasteiger partial charge in [0, 0.05) is 0 Å². The first-order valence-electron chi connectivity index (χ1n) is 0.795. The average molecular weight is 287 g/mol. The summed E-state index contributed by atoms with van der Waals surface area (Å²) in [4.78, 5) is 0. The third-order valence-corrected chi connectivity index (χ3v) is 1.16. The quantitative estimate of drug-likeness (QED) is 0.301. The first-order valence-corrected chi connectivity index (χ1v) is 3.73. The second-order valence-corrected chi connectivity index (χ2v) is 2.72. The fraction of sp³-hybridized carbons (Fsp3) is 0. The molecule has 0 rings (SSSR count). The summed E-state index contributed by atoms with van der Waals surface area (Å²) in [6.45, 7) is 0. The van der Waals surface area contributed by atoms with Crippen LogP contribution in [0.15, 0.2) is 0 Å². The van der Waals surface area contributed by atoms with Crippen molar-refractivity contribution >= 4 is 27.9 Å². The minimum absolute atomic E-state index is 0. The first kappa shape index (κ1) is 11.2. The van der Waals surface area contributed by atoms with Crippen LogP contribution >= 0.6 is 12.9 Å². The minimum atomic E-state index is -3.49. The first-order chi connectivity index (χ1) is 2.27. The van der Waals surface area contributed by atoms with Crippen LogP contribution in [-0.2, 0) is 6.99 Å². The molecule has 0 fully saturated rings. The van der Waals surface area contributed by atoms with Crippen LogP contribution in [0.1, 0.15) is 0 Å². The van der Waals surface area contributed by atoms with Crippen LogP contribution in [0.4, 0.5) is 0 Å². The molecular formula is HCsGeO3S. The Morgan fingerprint density at radius 2 is 2.00 bits per heavy atom. The molecule has 0 radical (unpaired) electrons. The van der Waals surface area contributed by atoms with Crippen LogP contribution in [0.3, 0.4) is 0 Å². The van der Waals surface area contributed by atoms with E-state index in [1.807, 2.05) is 0 Å². The third kappa shape index (κ3) is 9.60. The van der Waals surface area contributed by atoms with Crippen molar-refractivity contribution in [1.29, 1.82) is 0 Å². The standard InChI is InChI=1S/Cs.GeHO3S/c;2-1(3)4-5/h;5H/q+1;-1. The molecule has 0 heterocycles. The number of rotatable bonds is 1. The summed E-state index contributed by atoms with van der Waals surface area (Å²) < 4.78 is 21.9. The molecule has 0 spiro atoms. The fourth-order valence-corrected chi connectivity index (χ4v) is 0. The Hall–Kier alpha value is 2.34. The summed E-state index contributed by atoms with van der Waals surface area (Å²) in [5, 5.41) is 0. The van der Waals surface area contributed by atoms with Crippen LogP contribution in [0.25, 0.3) is 0 Å². The molecule has 0 bridgehead atoms. The van der Waals surface area contributed by atoms with Crippen molar-refractivity contribution in [1.82, 2.24) is 0 Å². The van der Waals surface area contributed by atoms with Crippen LogP contribution in [0.5, 0.6) is 0 Å². The SMILES string of the molecule is [Cs+].[O]=[Ge]([O-])[O]S. The van der Waals surface area contributed by atoms with Crippen LogP contribution in [-0.4, -0.2) is 15.0 Å². The molecule has 0 N–H and O–H groups in total. The third-order valence-electron chi connectivity index (χ3n) is 0.0745. The normalized spacial score (nSPS) is 5.50. The van der Waals surface area contributed by atoms with E-state index in [4.69, 9.17) is 0 Å². The van der Waals surface area contributed by atoms with Gasteiger partial charge in [-0.2, -0.15) is 0 Å². The average Bonchev–Trinajstić information content (AvgIpc) is 1.38. The predicted molar refractivity (Wildman–Crippen MR) is 16.5 cm³/mol. The number of hydrogen-bond acceptors (Lipinski definition) is 4. The molecule has 0 unspecified atom stereocenters. The topological polar surface area (TPSA) is 49.4 Å². The van der Waals surface area contributed by atoms with E-state index in [-0.39, 0.29) is 68.9 Å². The van der Waals surface area contributed by atoms with E-state index in [1.165, 1.54) is 0 Å². The Morgan fingerprint density at radius 3 is 2.00 bits per heavy atom. The maximum atomic E-state index is 9.21. The summed E-state index contributed by atoms with van der Waals surface area (Å²) in [7, 11) is 0. The summed E-state index contributed by atoms with van der Waals surface area (Å²) in [6.07, 6.45) is 0. The molecule has 0 saturated carbocycles. The van der Waals surface area contributed by atoms with E-state index in [0.29, 0.717) is 0 Å². The molecule has 0 aromatic rings. The van der Waals surface area contributed by atoms with Gasteiger partial charge < -0.3 is 0 Å². The van der Waals surface area contributed by atoms with Gasteiger partial charge in [-0.05, 0) is 0 Å². The van der Waals surface area contributed by atoms with Gasteiger partial charge in [0.25, 0.3) is 0 Å². The Bertz CT molecular complexity index is 46.1. The molecule has 30 valence electrons. The van der Waals surface area contributed by atoms with Crippen molar-refractivity contribution in [2.24, 2.45) is 0 Å². The molecule has 0 atom stereocenters. The molecule has 0 aromatic carbocycles. The van der Waals surface area contributed by atoms with Gasteiger partial charge in [0.2, 0.25) is 0 Å². The number of thiol groups is 1. The van der Waals surface area contributed by atoms with Gasteiger partial charge in [0.15, 0.2) is 0 Å². The monoisotopic (exact) mass is 288 g/mol. The van der Waals surface area contributed by atoms with Gasteiger partial charge in [-0.1, -0.05) is 0 Å². The molecule has 0 aromatic heterocycles. The van der Waals surface area contributed by atoms with E-state index in [9.17, 15) is 7.91 Å².